The molecule has 0 aliphatic rings. The molecule has 0 spiro atoms. The lowest BCUT2D eigenvalue weighted by Crippen LogP contribution is -2.04. The molecule has 0 unspecified atom stereocenters. The second-order valence-corrected chi connectivity index (χ2v) is 4.43. The van der Waals surface area contributed by atoms with Crippen LogP contribution in [0.25, 0.3) is 10.9 Å². The smallest absolute Gasteiger partial charge is 0.186 e. The highest BCUT2D eigenvalue weighted by atomic mass is 15.2. The van der Waals surface area contributed by atoms with Crippen LogP contribution in [0.4, 0.5) is 5.69 Å². The van der Waals surface area contributed by atoms with Crippen molar-refractivity contribution in [3.63, 3.8) is 0 Å². The van der Waals surface area contributed by atoms with Gasteiger partial charge in [-0.3, -0.25) is 4.68 Å². The van der Waals surface area contributed by atoms with E-state index in [1.54, 1.807) is 10.9 Å². The number of nitrogens with one attached hydrogen (secondary N) is 1. The standard InChI is InChI=1S/C14H12N6/c1-20-9-10(8-17-20)7-16-14-11-4-2-3-5-12(11)18-19-13(14)6-15/h2-5,8-9H,7H2,1H3,(H,16,18). The van der Waals surface area contributed by atoms with E-state index in [0.717, 1.165) is 16.5 Å². The van der Waals surface area contributed by atoms with Crippen molar-refractivity contribution >= 4 is 16.6 Å². The van der Waals surface area contributed by atoms with Crippen LogP contribution in [0, 0.1) is 11.3 Å². The van der Waals surface area contributed by atoms with Crippen LogP contribution >= 0.6 is 0 Å². The van der Waals surface area contributed by atoms with E-state index >= 15 is 0 Å². The number of aromatic nitrogens is 4. The molecule has 0 bridgehead atoms. The molecule has 0 aliphatic carbocycles. The maximum Gasteiger partial charge on any atom is 0.186 e. The molecular weight excluding hydrogens is 252 g/mol. The second-order valence-electron chi connectivity index (χ2n) is 4.43. The summed E-state index contributed by atoms with van der Waals surface area (Å²) in [6, 6.07) is 9.69. The predicted molar refractivity (Wildman–Crippen MR) is 74.8 cm³/mol. The largest absolute Gasteiger partial charge is 0.378 e. The number of nitrogens with zero attached hydrogens (tertiary/aromatic N) is 5. The normalized spacial score (nSPS) is 10.4. The average molecular weight is 264 g/mol. The fourth-order valence-corrected chi connectivity index (χ4v) is 2.06. The summed E-state index contributed by atoms with van der Waals surface area (Å²) in [5, 5.41) is 25.4. The van der Waals surface area contributed by atoms with Gasteiger partial charge in [0.25, 0.3) is 0 Å². The van der Waals surface area contributed by atoms with Crippen molar-refractivity contribution in [2.75, 3.05) is 5.32 Å². The Morgan fingerprint density at radius 1 is 1.30 bits per heavy atom. The van der Waals surface area contributed by atoms with Crippen LogP contribution in [-0.2, 0) is 13.6 Å². The topological polar surface area (TPSA) is 79.4 Å². The fourth-order valence-electron chi connectivity index (χ4n) is 2.06. The van der Waals surface area contributed by atoms with Gasteiger partial charge in [-0.15, -0.1) is 10.2 Å². The molecule has 1 N–H and O–H groups in total. The summed E-state index contributed by atoms with van der Waals surface area (Å²) in [6.45, 7) is 0.582. The van der Waals surface area contributed by atoms with Gasteiger partial charge in [0.2, 0.25) is 0 Å². The van der Waals surface area contributed by atoms with Gasteiger partial charge in [-0.1, -0.05) is 18.2 Å². The summed E-state index contributed by atoms with van der Waals surface area (Å²) in [7, 11) is 1.87. The van der Waals surface area contributed by atoms with Gasteiger partial charge in [0, 0.05) is 30.7 Å². The Morgan fingerprint density at radius 3 is 2.90 bits per heavy atom. The number of fused-ring (bicyclic) bond motifs is 1. The molecular formula is C14H12N6. The van der Waals surface area contributed by atoms with Crippen LogP contribution in [0.1, 0.15) is 11.3 Å². The van der Waals surface area contributed by atoms with E-state index in [1.165, 1.54) is 0 Å². The van der Waals surface area contributed by atoms with Crippen LogP contribution in [0.5, 0.6) is 0 Å². The number of benzene rings is 1. The summed E-state index contributed by atoms with van der Waals surface area (Å²) >= 11 is 0. The van der Waals surface area contributed by atoms with E-state index in [-0.39, 0.29) is 0 Å². The third-order valence-electron chi connectivity index (χ3n) is 3.00. The Labute approximate surface area is 115 Å². The monoisotopic (exact) mass is 264 g/mol. The number of nitriles is 1. The lowest BCUT2D eigenvalue weighted by molar-refractivity contribution is 0.767. The van der Waals surface area contributed by atoms with Crippen LogP contribution < -0.4 is 5.32 Å². The molecule has 2 aromatic heterocycles. The minimum atomic E-state index is 0.299. The highest BCUT2D eigenvalue weighted by Crippen LogP contribution is 2.24. The maximum absolute atomic E-state index is 9.17. The van der Waals surface area contributed by atoms with Gasteiger partial charge in [0.15, 0.2) is 5.69 Å². The van der Waals surface area contributed by atoms with E-state index in [2.05, 4.69) is 26.7 Å². The van der Waals surface area contributed by atoms with Gasteiger partial charge in [0.1, 0.15) is 6.07 Å². The van der Waals surface area contributed by atoms with Crippen molar-refractivity contribution in [2.24, 2.45) is 7.05 Å². The van der Waals surface area contributed by atoms with Crippen LogP contribution in [0.3, 0.4) is 0 Å². The van der Waals surface area contributed by atoms with Crippen molar-refractivity contribution in [3.8, 4) is 6.07 Å². The molecule has 1 aromatic carbocycles. The molecule has 6 nitrogen and oxygen atoms in total. The summed E-state index contributed by atoms with van der Waals surface area (Å²) in [6.07, 6.45) is 3.71. The lowest BCUT2D eigenvalue weighted by Gasteiger charge is -2.09. The van der Waals surface area contributed by atoms with Gasteiger partial charge in [-0.25, -0.2) is 0 Å². The maximum atomic E-state index is 9.17. The molecule has 0 radical (unpaired) electrons. The Kier molecular flexibility index (Phi) is 3.01. The molecule has 0 fully saturated rings. The highest BCUT2D eigenvalue weighted by molar-refractivity contribution is 5.92. The predicted octanol–water partition coefficient (Wildman–Crippen LogP) is 1.85. The first-order valence-electron chi connectivity index (χ1n) is 6.15. The fraction of sp³-hybridized carbons (Fsp3) is 0.143. The second kappa shape index (κ2) is 4.97. The quantitative estimate of drug-likeness (QED) is 0.781. The number of rotatable bonds is 3. The first kappa shape index (κ1) is 12.1. The van der Waals surface area contributed by atoms with Gasteiger partial charge in [-0.05, 0) is 6.07 Å². The van der Waals surface area contributed by atoms with Gasteiger partial charge in [0.05, 0.1) is 17.4 Å². The average Bonchev–Trinajstić information content (AvgIpc) is 2.90. The van der Waals surface area contributed by atoms with Gasteiger partial charge < -0.3 is 5.32 Å². The molecule has 3 rings (SSSR count). The number of anilines is 1. The Balaban J connectivity index is 1.98. The molecule has 0 atom stereocenters. The van der Waals surface area contributed by atoms with E-state index < -0.39 is 0 Å². The minimum absolute atomic E-state index is 0.299. The summed E-state index contributed by atoms with van der Waals surface area (Å²) in [4.78, 5) is 0. The van der Waals surface area contributed by atoms with Crippen molar-refractivity contribution in [2.45, 2.75) is 6.54 Å². The van der Waals surface area contributed by atoms with E-state index in [9.17, 15) is 5.26 Å². The van der Waals surface area contributed by atoms with Crippen LogP contribution in [0.2, 0.25) is 0 Å². The molecule has 98 valence electrons. The van der Waals surface area contributed by atoms with Crippen LogP contribution in [-0.4, -0.2) is 20.0 Å². The molecule has 2 heterocycles. The van der Waals surface area contributed by atoms with Crippen molar-refractivity contribution in [3.05, 3.63) is 47.9 Å². The molecule has 0 amide bonds. The van der Waals surface area contributed by atoms with Gasteiger partial charge in [-0.2, -0.15) is 10.4 Å². The first-order chi connectivity index (χ1) is 9.78. The Morgan fingerprint density at radius 2 is 2.15 bits per heavy atom. The Bertz CT molecular complexity index is 799. The third-order valence-corrected chi connectivity index (χ3v) is 3.00. The van der Waals surface area contributed by atoms with E-state index in [0.29, 0.717) is 17.9 Å². The summed E-state index contributed by atoms with van der Waals surface area (Å²) in [5.41, 5.74) is 2.81. The van der Waals surface area contributed by atoms with Crippen LogP contribution in [0.15, 0.2) is 36.7 Å². The molecule has 3 aromatic rings. The van der Waals surface area contributed by atoms with Crippen molar-refractivity contribution < 1.29 is 0 Å². The molecule has 6 heteroatoms. The van der Waals surface area contributed by atoms with Crippen molar-refractivity contribution in [1.29, 1.82) is 5.26 Å². The van der Waals surface area contributed by atoms with E-state index in [4.69, 9.17) is 0 Å². The molecule has 0 aliphatic heterocycles. The number of hydrogen-bond acceptors (Lipinski definition) is 5. The zero-order valence-electron chi connectivity index (χ0n) is 10.9. The molecule has 0 saturated heterocycles. The number of aryl methyl sites for hydroxylation is 1. The number of hydrogen-bond donors (Lipinski definition) is 1. The zero-order chi connectivity index (χ0) is 13.9. The summed E-state index contributed by atoms with van der Waals surface area (Å²) < 4.78 is 1.74. The van der Waals surface area contributed by atoms with E-state index in [1.807, 2.05) is 37.5 Å². The van der Waals surface area contributed by atoms with Crippen molar-refractivity contribution in [1.82, 2.24) is 20.0 Å². The zero-order valence-corrected chi connectivity index (χ0v) is 10.9. The highest BCUT2D eigenvalue weighted by Gasteiger charge is 2.10. The lowest BCUT2D eigenvalue weighted by atomic mass is 10.1. The minimum Gasteiger partial charge on any atom is -0.378 e. The summed E-state index contributed by atoms with van der Waals surface area (Å²) in [5.74, 6) is 0. The first-order valence-corrected chi connectivity index (χ1v) is 6.15. The van der Waals surface area contributed by atoms with Gasteiger partial charge >= 0.3 is 0 Å². The SMILES string of the molecule is Cn1cc(CNc2c(C#N)nnc3ccccc23)cn1. The molecule has 0 saturated carbocycles. The molecule has 20 heavy (non-hydrogen) atoms. The third kappa shape index (κ3) is 2.17. The Hall–Kier alpha value is -2.94.